The SMILES string of the molecule is c1ccc(NC2CCCCC2)c(CN2CCNCC2)c1. The molecule has 0 amide bonds. The molecular weight excluding hydrogens is 246 g/mol. The molecule has 0 radical (unpaired) electrons. The van der Waals surface area contributed by atoms with Crippen molar-refractivity contribution in [3.05, 3.63) is 29.8 Å². The van der Waals surface area contributed by atoms with Gasteiger partial charge in [0.15, 0.2) is 0 Å². The van der Waals surface area contributed by atoms with Gasteiger partial charge in [0.1, 0.15) is 0 Å². The van der Waals surface area contributed by atoms with Gasteiger partial charge in [0.05, 0.1) is 0 Å². The van der Waals surface area contributed by atoms with Crippen LogP contribution in [0.15, 0.2) is 24.3 Å². The Hall–Kier alpha value is -1.06. The van der Waals surface area contributed by atoms with Gasteiger partial charge in [0.2, 0.25) is 0 Å². The van der Waals surface area contributed by atoms with Gasteiger partial charge in [0, 0.05) is 44.5 Å². The van der Waals surface area contributed by atoms with Crippen LogP contribution >= 0.6 is 0 Å². The van der Waals surface area contributed by atoms with Crippen LogP contribution < -0.4 is 10.6 Å². The largest absolute Gasteiger partial charge is 0.382 e. The lowest BCUT2D eigenvalue weighted by Gasteiger charge is -2.29. The number of hydrogen-bond donors (Lipinski definition) is 2. The van der Waals surface area contributed by atoms with E-state index in [2.05, 4.69) is 39.8 Å². The molecule has 0 bridgehead atoms. The number of nitrogens with zero attached hydrogens (tertiary/aromatic N) is 1. The zero-order valence-electron chi connectivity index (χ0n) is 12.4. The van der Waals surface area contributed by atoms with Crippen molar-refractivity contribution < 1.29 is 0 Å². The van der Waals surface area contributed by atoms with Crippen molar-refractivity contribution in [1.29, 1.82) is 0 Å². The molecule has 3 rings (SSSR count). The first-order chi connectivity index (χ1) is 9.92. The molecule has 110 valence electrons. The van der Waals surface area contributed by atoms with Crippen LogP contribution in [-0.4, -0.2) is 37.1 Å². The summed E-state index contributed by atoms with van der Waals surface area (Å²) < 4.78 is 0. The van der Waals surface area contributed by atoms with Gasteiger partial charge in [-0.15, -0.1) is 0 Å². The van der Waals surface area contributed by atoms with Crippen molar-refractivity contribution in [2.24, 2.45) is 0 Å². The highest BCUT2D eigenvalue weighted by Crippen LogP contribution is 2.24. The van der Waals surface area contributed by atoms with E-state index < -0.39 is 0 Å². The summed E-state index contributed by atoms with van der Waals surface area (Å²) in [5.74, 6) is 0. The van der Waals surface area contributed by atoms with E-state index in [1.54, 1.807) is 0 Å². The van der Waals surface area contributed by atoms with Crippen molar-refractivity contribution in [2.45, 2.75) is 44.7 Å². The van der Waals surface area contributed by atoms with Crippen molar-refractivity contribution in [3.63, 3.8) is 0 Å². The molecule has 2 fully saturated rings. The van der Waals surface area contributed by atoms with E-state index in [9.17, 15) is 0 Å². The fourth-order valence-corrected chi connectivity index (χ4v) is 3.38. The number of rotatable bonds is 4. The lowest BCUT2D eigenvalue weighted by atomic mass is 9.95. The zero-order valence-corrected chi connectivity index (χ0v) is 12.4. The quantitative estimate of drug-likeness (QED) is 0.883. The minimum absolute atomic E-state index is 0.688. The van der Waals surface area contributed by atoms with E-state index in [1.807, 2.05) is 0 Å². The van der Waals surface area contributed by atoms with E-state index in [0.717, 1.165) is 32.7 Å². The molecule has 1 saturated heterocycles. The summed E-state index contributed by atoms with van der Waals surface area (Å²) in [6.45, 7) is 5.66. The second-order valence-electron chi connectivity index (χ2n) is 6.16. The number of anilines is 1. The molecule has 1 aliphatic carbocycles. The third-order valence-corrected chi connectivity index (χ3v) is 4.59. The number of para-hydroxylation sites is 1. The standard InChI is InChI=1S/C17H27N3/c1-2-7-16(8-3-1)19-17-9-5-4-6-15(17)14-20-12-10-18-11-13-20/h4-6,9,16,18-19H,1-3,7-8,10-14H2. The lowest BCUT2D eigenvalue weighted by Crippen LogP contribution is -2.43. The van der Waals surface area contributed by atoms with Gasteiger partial charge in [-0.05, 0) is 24.5 Å². The van der Waals surface area contributed by atoms with E-state index in [-0.39, 0.29) is 0 Å². The number of hydrogen-bond acceptors (Lipinski definition) is 3. The molecule has 2 aliphatic rings. The monoisotopic (exact) mass is 273 g/mol. The summed E-state index contributed by atoms with van der Waals surface area (Å²) in [5, 5.41) is 7.22. The lowest BCUT2D eigenvalue weighted by molar-refractivity contribution is 0.233. The summed E-state index contributed by atoms with van der Waals surface area (Å²) in [6.07, 6.45) is 6.86. The van der Waals surface area contributed by atoms with E-state index >= 15 is 0 Å². The second-order valence-corrected chi connectivity index (χ2v) is 6.16. The van der Waals surface area contributed by atoms with Crippen LogP contribution in [0.3, 0.4) is 0 Å². The average Bonchev–Trinajstić information content (AvgIpc) is 2.51. The fraction of sp³-hybridized carbons (Fsp3) is 0.647. The maximum Gasteiger partial charge on any atom is 0.0388 e. The number of benzene rings is 1. The fourth-order valence-electron chi connectivity index (χ4n) is 3.38. The molecule has 3 nitrogen and oxygen atoms in total. The first-order valence-corrected chi connectivity index (χ1v) is 8.19. The second kappa shape index (κ2) is 7.09. The van der Waals surface area contributed by atoms with Crippen molar-refractivity contribution in [3.8, 4) is 0 Å². The summed E-state index contributed by atoms with van der Waals surface area (Å²) in [7, 11) is 0. The van der Waals surface area contributed by atoms with Gasteiger partial charge < -0.3 is 10.6 Å². The van der Waals surface area contributed by atoms with Gasteiger partial charge in [-0.25, -0.2) is 0 Å². The molecular formula is C17H27N3. The summed E-state index contributed by atoms with van der Waals surface area (Å²) in [4.78, 5) is 2.55. The molecule has 2 N–H and O–H groups in total. The Morgan fingerprint density at radius 1 is 1.05 bits per heavy atom. The third-order valence-electron chi connectivity index (χ3n) is 4.59. The van der Waals surface area contributed by atoms with E-state index in [0.29, 0.717) is 6.04 Å². The molecule has 1 aromatic carbocycles. The Labute approximate surface area is 122 Å². The Balaban J connectivity index is 1.63. The highest BCUT2D eigenvalue weighted by molar-refractivity contribution is 5.51. The van der Waals surface area contributed by atoms with Crippen LogP contribution in [0.4, 0.5) is 5.69 Å². The summed E-state index contributed by atoms with van der Waals surface area (Å²) in [5.41, 5.74) is 2.82. The van der Waals surface area contributed by atoms with Crippen LogP contribution in [0.25, 0.3) is 0 Å². The Bertz CT molecular complexity index is 367. The Morgan fingerprint density at radius 2 is 1.80 bits per heavy atom. The number of nitrogens with one attached hydrogen (secondary N) is 2. The van der Waals surface area contributed by atoms with Gasteiger partial charge in [0.25, 0.3) is 0 Å². The third kappa shape index (κ3) is 3.74. The van der Waals surface area contributed by atoms with Gasteiger partial charge in [-0.1, -0.05) is 37.5 Å². The highest BCUT2D eigenvalue weighted by Gasteiger charge is 2.16. The molecule has 0 aromatic heterocycles. The van der Waals surface area contributed by atoms with Crippen molar-refractivity contribution in [2.75, 3.05) is 31.5 Å². The molecule has 0 unspecified atom stereocenters. The Kier molecular flexibility index (Phi) is 4.93. The molecule has 1 heterocycles. The van der Waals surface area contributed by atoms with Crippen LogP contribution in [0.2, 0.25) is 0 Å². The molecule has 1 saturated carbocycles. The van der Waals surface area contributed by atoms with E-state index in [1.165, 1.54) is 43.4 Å². The Morgan fingerprint density at radius 3 is 2.60 bits per heavy atom. The first-order valence-electron chi connectivity index (χ1n) is 8.19. The maximum atomic E-state index is 3.80. The predicted octanol–water partition coefficient (Wildman–Crippen LogP) is 2.84. The maximum absolute atomic E-state index is 3.80. The molecule has 3 heteroatoms. The zero-order chi connectivity index (χ0) is 13.6. The van der Waals surface area contributed by atoms with Crippen molar-refractivity contribution in [1.82, 2.24) is 10.2 Å². The summed E-state index contributed by atoms with van der Waals surface area (Å²) >= 11 is 0. The minimum Gasteiger partial charge on any atom is -0.382 e. The van der Waals surface area contributed by atoms with Crippen LogP contribution in [0.5, 0.6) is 0 Å². The molecule has 1 aliphatic heterocycles. The summed E-state index contributed by atoms with van der Waals surface area (Å²) in [6, 6.07) is 9.56. The van der Waals surface area contributed by atoms with Gasteiger partial charge in [-0.3, -0.25) is 4.90 Å². The van der Waals surface area contributed by atoms with Crippen LogP contribution in [0.1, 0.15) is 37.7 Å². The average molecular weight is 273 g/mol. The highest BCUT2D eigenvalue weighted by atomic mass is 15.2. The molecule has 0 spiro atoms. The topological polar surface area (TPSA) is 27.3 Å². The molecule has 20 heavy (non-hydrogen) atoms. The van der Waals surface area contributed by atoms with Gasteiger partial charge >= 0.3 is 0 Å². The smallest absolute Gasteiger partial charge is 0.0388 e. The van der Waals surface area contributed by atoms with Gasteiger partial charge in [-0.2, -0.15) is 0 Å². The number of piperazine rings is 1. The van der Waals surface area contributed by atoms with E-state index in [4.69, 9.17) is 0 Å². The van der Waals surface area contributed by atoms with Crippen molar-refractivity contribution >= 4 is 5.69 Å². The predicted molar refractivity (Wildman–Crippen MR) is 85.1 cm³/mol. The first kappa shape index (κ1) is 13.9. The van der Waals surface area contributed by atoms with Crippen LogP contribution in [-0.2, 0) is 6.54 Å². The minimum atomic E-state index is 0.688. The normalized spacial score (nSPS) is 21.8. The van der Waals surface area contributed by atoms with Crippen LogP contribution in [0, 0.1) is 0 Å². The molecule has 1 aromatic rings. The molecule has 0 atom stereocenters.